The highest BCUT2D eigenvalue weighted by Gasteiger charge is 2.36. The van der Waals surface area contributed by atoms with Crippen LogP contribution in [0.25, 0.3) is 0 Å². The van der Waals surface area contributed by atoms with Crippen LogP contribution in [0.5, 0.6) is 11.5 Å². The Hall–Kier alpha value is -2.18. The monoisotopic (exact) mass is 569 g/mol. The Labute approximate surface area is 203 Å². The van der Waals surface area contributed by atoms with E-state index in [4.69, 9.17) is 9.47 Å². The zero-order chi connectivity index (χ0) is 22.9. The van der Waals surface area contributed by atoms with Gasteiger partial charge in [-0.25, -0.2) is 4.99 Å². The number of benzene rings is 1. The Kier molecular flexibility index (Phi) is 11.7. The highest BCUT2D eigenvalue weighted by Crippen LogP contribution is 2.31. The summed E-state index contributed by atoms with van der Waals surface area (Å²) in [5.74, 6) is 1.84. The van der Waals surface area contributed by atoms with Crippen molar-refractivity contribution in [2.24, 2.45) is 12.0 Å². The Morgan fingerprint density at radius 2 is 1.78 bits per heavy atom. The quantitative estimate of drug-likeness (QED) is 0.256. The average molecular weight is 569 g/mol. The summed E-state index contributed by atoms with van der Waals surface area (Å²) in [5.41, 5.74) is 0.161. The molecule has 2 N–H and O–H groups in total. The van der Waals surface area contributed by atoms with Crippen molar-refractivity contribution in [2.45, 2.75) is 39.9 Å². The Morgan fingerprint density at radius 3 is 2.41 bits per heavy atom. The molecule has 0 amide bonds. The molecule has 0 spiro atoms. The summed E-state index contributed by atoms with van der Waals surface area (Å²) in [5, 5.41) is 9.71. The molecule has 11 heteroatoms. The number of hydrogen-bond donors (Lipinski definition) is 2. The third-order valence-electron chi connectivity index (χ3n) is 4.24. The standard InChI is InChI=1S/C21H30F3N5O2.HI/c1-5-25-20(27-13-16-14-29(4)28-19(16)21(22,23)24)26-11-10-15-8-9-17(30-6-2)18(12-15)31-7-3;/h8-9,12,14H,5-7,10-11,13H2,1-4H3,(H2,25,26,27);1H. The molecule has 0 saturated heterocycles. The van der Waals surface area contributed by atoms with Gasteiger partial charge in [0, 0.05) is 31.9 Å². The minimum atomic E-state index is -4.51. The van der Waals surface area contributed by atoms with Gasteiger partial charge in [-0.1, -0.05) is 6.07 Å². The van der Waals surface area contributed by atoms with E-state index in [1.807, 2.05) is 39.0 Å². The Balaban J connectivity index is 0.00000512. The van der Waals surface area contributed by atoms with Crippen LogP contribution in [-0.4, -0.2) is 42.0 Å². The van der Waals surface area contributed by atoms with Crippen LogP contribution in [-0.2, 0) is 26.2 Å². The molecular weight excluding hydrogens is 538 g/mol. The van der Waals surface area contributed by atoms with E-state index in [0.717, 1.165) is 10.2 Å². The van der Waals surface area contributed by atoms with Crippen LogP contribution < -0.4 is 20.1 Å². The van der Waals surface area contributed by atoms with Gasteiger partial charge in [0.2, 0.25) is 0 Å². The second-order valence-electron chi connectivity index (χ2n) is 6.69. The van der Waals surface area contributed by atoms with Gasteiger partial charge in [0.1, 0.15) is 0 Å². The van der Waals surface area contributed by atoms with Gasteiger partial charge in [-0.3, -0.25) is 4.68 Å². The van der Waals surface area contributed by atoms with Crippen molar-refractivity contribution in [3.05, 3.63) is 41.2 Å². The molecule has 2 aromatic rings. The van der Waals surface area contributed by atoms with E-state index in [1.54, 1.807) is 0 Å². The molecule has 0 bridgehead atoms. The first-order valence-electron chi connectivity index (χ1n) is 10.3. The number of aryl methyl sites for hydroxylation is 1. The van der Waals surface area contributed by atoms with Gasteiger partial charge in [0.15, 0.2) is 23.2 Å². The molecule has 0 aliphatic rings. The molecule has 0 atom stereocenters. The lowest BCUT2D eigenvalue weighted by molar-refractivity contribution is -0.142. The first-order chi connectivity index (χ1) is 14.8. The number of guanidine groups is 1. The minimum absolute atomic E-state index is 0. The number of rotatable bonds is 10. The summed E-state index contributed by atoms with van der Waals surface area (Å²) in [4.78, 5) is 4.28. The maximum absolute atomic E-state index is 13.1. The predicted molar refractivity (Wildman–Crippen MR) is 129 cm³/mol. The van der Waals surface area contributed by atoms with Crippen LogP contribution in [0, 0.1) is 0 Å². The molecule has 1 aromatic heterocycles. The van der Waals surface area contributed by atoms with E-state index in [0.29, 0.717) is 50.2 Å². The molecule has 1 heterocycles. The Morgan fingerprint density at radius 1 is 1.09 bits per heavy atom. The fourth-order valence-corrected chi connectivity index (χ4v) is 2.97. The summed E-state index contributed by atoms with van der Waals surface area (Å²) >= 11 is 0. The lowest BCUT2D eigenvalue weighted by atomic mass is 10.1. The SMILES string of the molecule is CCNC(=NCc1cn(C)nc1C(F)(F)F)NCCc1ccc(OCC)c(OCC)c1.I. The molecule has 2 rings (SSSR count). The molecule has 180 valence electrons. The molecule has 0 aliphatic heterocycles. The van der Waals surface area contributed by atoms with Crippen LogP contribution in [0.15, 0.2) is 29.4 Å². The van der Waals surface area contributed by atoms with E-state index >= 15 is 0 Å². The van der Waals surface area contributed by atoms with Crippen LogP contribution in [0.1, 0.15) is 37.6 Å². The van der Waals surface area contributed by atoms with Crippen LogP contribution in [0.4, 0.5) is 13.2 Å². The van der Waals surface area contributed by atoms with Crippen molar-refractivity contribution >= 4 is 29.9 Å². The zero-order valence-corrected chi connectivity index (χ0v) is 21.1. The van der Waals surface area contributed by atoms with Crippen molar-refractivity contribution in [3.8, 4) is 11.5 Å². The molecule has 7 nitrogen and oxygen atoms in total. The molecule has 0 radical (unpaired) electrons. The molecule has 0 saturated carbocycles. The topological polar surface area (TPSA) is 72.7 Å². The van der Waals surface area contributed by atoms with Crippen molar-refractivity contribution in [3.63, 3.8) is 0 Å². The molecule has 0 fully saturated rings. The predicted octanol–water partition coefficient (Wildman–Crippen LogP) is 4.15. The number of ether oxygens (including phenoxy) is 2. The number of halogens is 4. The van der Waals surface area contributed by atoms with Crippen LogP contribution in [0.2, 0.25) is 0 Å². The molecule has 1 aromatic carbocycles. The summed E-state index contributed by atoms with van der Waals surface area (Å²) in [7, 11) is 1.46. The number of alkyl halides is 3. The van der Waals surface area contributed by atoms with Gasteiger partial charge in [-0.15, -0.1) is 24.0 Å². The third kappa shape index (κ3) is 8.40. The van der Waals surface area contributed by atoms with Gasteiger partial charge < -0.3 is 20.1 Å². The van der Waals surface area contributed by atoms with Crippen LogP contribution in [0.3, 0.4) is 0 Å². The largest absolute Gasteiger partial charge is 0.490 e. The first-order valence-corrected chi connectivity index (χ1v) is 10.3. The second-order valence-corrected chi connectivity index (χ2v) is 6.69. The average Bonchev–Trinajstić information content (AvgIpc) is 3.09. The molecular formula is C21H31F3IN5O2. The van der Waals surface area contributed by atoms with E-state index < -0.39 is 11.9 Å². The lowest BCUT2D eigenvalue weighted by Crippen LogP contribution is -2.38. The number of nitrogens with one attached hydrogen (secondary N) is 2. The maximum Gasteiger partial charge on any atom is 0.435 e. The van der Waals surface area contributed by atoms with Crippen molar-refractivity contribution in [2.75, 3.05) is 26.3 Å². The fraction of sp³-hybridized carbons (Fsp3) is 0.524. The summed E-state index contributed by atoms with van der Waals surface area (Å²) in [6, 6.07) is 5.78. The fourth-order valence-electron chi connectivity index (χ4n) is 2.97. The van der Waals surface area contributed by atoms with E-state index in [1.165, 1.54) is 13.2 Å². The third-order valence-corrected chi connectivity index (χ3v) is 4.24. The van der Waals surface area contributed by atoms with Gasteiger partial charge in [0.25, 0.3) is 0 Å². The van der Waals surface area contributed by atoms with E-state index in [9.17, 15) is 13.2 Å². The van der Waals surface area contributed by atoms with E-state index in [-0.39, 0.29) is 36.1 Å². The molecule has 32 heavy (non-hydrogen) atoms. The first kappa shape index (κ1) is 27.9. The molecule has 0 aliphatic carbocycles. The lowest BCUT2D eigenvalue weighted by Gasteiger charge is -2.14. The number of aliphatic imine (C=N–C) groups is 1. The summed E-state index contributed by atoms with van der Waals surface area (Å²) < 4.78 is 51.7. The van der Waals surface area contributed by atoms with Crippen molar-refractivity contribution in [1.82, 2.24) is 20.4 Å². The number of aromatic nitrogens is 2. The minimum Gasteiger partial charge on any atom is -0.490 e. The van der Waals surface area contributed by atoms with Crippen LogP contribution >= 0.6 is 24.0 Å². The smallest absolute Gasteiger partial charge is 0.435 e. The zero-order valence-electron chi connectivity index (χ0n) is 18.8. The van der Waals surface area contributed by atoms with E-state index in [2.05, 4.69) is 20.7 Å². The van der Waals surface area contributed by atoms with Gasteiger partial charge in [-0.2, -0.15) is 18.3 Å². The van der Waals surface area contributed by atoms with Gasteiger partial charge in [0.05, 0.1) is 19.8 Å². The normalized spacial score (nSPS) is 11.7. The summed E-state index contributed by atoms with van der Waals surface area (Å²) in [6.07, 6.45) is -2.49. The van der Waals surface area contributed by atoms with Gasteiger partial charge in [-0.05, 0) is 44.9 Å². The van der Waals surface area contributed by atoms with Crippen molar-refractivity contribution in [1.29, 1.82) is 0 Å². The van der Waals surface area contributed by atoms with Crippen molar-refractivity contribution < 1.29 is 22.6 Å². The number of hydrogen-bond acceptors (Lipinski definition) is 4. The Bertz CT molecular complexity index is 872. The highest BCUT2D eigenvalue weighted by molar-refractivity contribution is 14.0. The molecule has 0 unspecified atom stereocenters. The number of nitrogens with zero attached hydrogens (tertiary/aromatic N) is 3. The summed E-state index contributed by atoms with van der Waals surface area (Å²) in [6.45, 7) is 7.81. The second kappa shape index (κ2) is 13.4. The van der Waals surface area contributed by atoms with Gasteiger partial charge >= 0.3 is 6.18 Å². The highest BCUT2D eigenvalue weighted by atomic mass is 127. The maximum atomic E-state index is 13.1.